The molecular formula is C15H20FNO2. The van der Waals surface area contributed by atoms with E-state index in [4.69, 9.17) is 0 Å². The van der Waals surface area contributed by atoms with Crippen molar-refractivity contribution in [1.29, 1.82) is 0 Å². The quantitative estimate of drug-likeness (QED) is 0.863. The molecule has 104 valence electrons. The minimum atomic E-state index is -0.650. The highest BCUT2D eigenvalue weighted by molar-refractivity contribution is 5.53. The molecule has 19 heavy (non-hydrogen) atoms. The first-order valence-corrected chi connectivity index (χ1v) is 7.00. The van der Waals surface area contributed by atoms with Gasteiger partial charge < -0.3 is 15.1 Å². The maximum atomic E-state index is 14.3. The Kier molecular flexibility index (Phi) is 3.23. The van der Waals surface area contributed by atoms with E-state index in [0.717, 1.165) is 25.7 Å². The molecule has 0 radical (unpaired) electrons. The Morgan fingerprint density at radius 2 is 1.89 bits per heavy atom. The van der Waals surface area contributed by atoms with Gasteiger partial charge in [-0.1, -0.05) is 6.07 Å². The van der Waals surface area contributed by atoms with Gasteiger partial charge in [-0.05, 0) is 50.3 Å². The number of aliphatic hydroxyl groups is 2. The van der Waals surface area contributed by atoms with Crippen molar-refractivity contribution in [1.82, 2.24) is 0 Å². The fourth-order valence-electron chi connectivity index (χ4n) is 3.53. The summed E-state index contributed by atoms with van der Waals surface area (Å²) in [5.41, 5.74) is 1.22. The van der Waals surface area contributed by atoms with Crippen LogP contribution in [0.2, 0.25) is 0 Å². The number of anilines is 1. The molecule has 2 heterocycles. The maximum Gasteiger partial charge on any atom is 0.146 e. The van der Waals surface area contributed by atoms with Gasteiger partial charge in [-0.15, -0.1) is 0 Å². The lowest BCUT2D eigenvalue weighted by Crippen LogP contribution is -2.45. The summed E-state index contributed by atoms with van der Waals surface area (Å²) in [5, 5.41) is 19.3. The van der Waals surface area contributed by atoms with Crippen molar-refractivity contribution < 1.29 is 14.6 Å². The van der Waals surface area contributed by atoms with E-state index in [-0.39, 0.29) is 24.0 Å². The zero-order chi connectivity index (χ0) is 13.6. The van der Waals surface area contributed by atoms with Gasteiger partial charge >= 0.3 is 0 Å². The van der Waals surface area contributed by atoms with Crippen molar-refractivity contribution in [2.24, 2.45) is 0 Å². The maximum absolute atomic E-state index is 14.3. The zero-order valence-corrected chi connectivity index (χ0v) is 11.1. The van der Waals surface area contributed by atoms with E-state index in [2.05, 4.69) is 4.90 Å². The van der Waals surface area contributed by atoms with Crippen molar-refractivity contribution in [2.75, 3.05) is 4.90 Å². The van der Waals surface area contributed by atoms with Crippen LogP contribution in [0.1, 0.15) is 44.3 Å². The van der Waals surface area contributed by atoms with Gasteiger partial charge in [0.15, 0.2) is 0 Å². The van der Waals surface area contributed by atoms with Crippen LogP contribution in [0.4, 0.5) is 10.1 Å². The summed E-state index contributed by atoms with van der Waals surface area (Å²) in [7, 11) is 0. The van der Waals surface area contributed by atoms with Crippen LogP contribution in [-0.2, 0) is 0 Å². The van der Waals surface area contributed by atoms with Crippen LogP contribution in [-0.4, -0.2) is 28.4 Å². The van der Waals surface area contributed by atoms with Crippen molar-refractivity contribution in [2.45, 2.75) is 56.9 Å². The first-order valence-electron chi connectivity index (χ1n) is 7.00. The van der Waals surface area contributed by atoms with Gasteiger partial charge in [0.2, 0.25) is 0 Å². The summed E-state index contributed by atoms with van der Waals surface area (Å²) in [6.07, 6.45) is 2.62. The first kappa shape index (κ1) is 12.9. The monoisotopic (exact) mass is 265 g/mol. The minimum Gasteiger partial charge on any atom is -0.393 e. The van der Waals surface area contributed by atoms with Crippen molar-refractivity contribution in [3.8, 4) is 0 Å². The third kappa shape index (κ3) is 2.23. The molecule has 3 unspecified atom stereocenters. The van der Waals surface area contributed by atoms with Gasteiger partial charge in [0.05, 0.1) is 17.9 Å². The average molecular weight is 265 g/mol. The van der Waals surface area contributed by atoms with Crippen LogP contribution in [0.25, 0.3) is 0 Å². The average Bonchev–Trinajstić information content (AvgIpc) is 2.62. The predicted octanol–water partition coefficient (Wildman–Crippen LogP) is 2.37. The molecule has 0 aliphatic carbocycles. The number of benzene rings is 1. The van der Waals surface area contributed by atoms with E-state index in [1.807, 2.05) is 0 Å². The predicted molar refractivity (Wildman–Crippen MR) is 71.6 cm³/mol. The van der Waals surface area contributed by atoms with Gasteiger partial charge in [0.25, 0.3) is 0 Å². The number of halogens is 1. The second-order valence-electron chi connectivity index (χ2n) is 5.80. The number of nitrogens with zero attached hydrogens (tertiary/aromatic N) is 1. The molecule has 0 aromatic heterocycles. The van der Waals surface area contributed by atoms with Gasteiger partial charge in [0, 0.05) is 12.1 Å². The largest absolute Gasteiger partial charge is 0.393 e. The molecule has 0 spiro atoms. The first-order chi connectivity index (χ1) is 9.06. The van der Waals surface area contributed by atoms with E-state index in [1.54, 1.807) is 19.1 Å². The lowest BCUT2D eigenvalue weighted by atomic mass is 9.98. The molecule has 1 aromatic carbocycles. The summed E-state index contributed by atoms with van der Waals surface area (Å²) in [5.74, 6) is -0.272. The van der Waals surface area contributed by atoms with Crippen LogP contribution in [0, 0.1) is 5.82 Å². The molecule has 2 aliphatic heterocycles. The second-order valence-corrected chi connectivity index (χ2v) is 5.80. The van der Waals surface area contributed by atoms with E-state index < -0.39 is 6.10 Å². The smallest absolute Gasteiger partial charge is 0.146 e. The third-order valence-corrected chi connectivity index (χ3v) is 4.44. The van der Waals surface area contributed by atoms with Gasteiger partial charge in [0.1, 0.15) is 5.82 Å². The minimum absolute atomic E-state index is 0.242. The zero-order valence-electron chi connectivity index (χ0n) is 11.1. The molecule has 2 fully saturated rings. The third-order valence-electron chi connectivity index (χ3n) is 4.44. The summed E-state index contributed by atoms with van der Waals surface area (Å²) in [6.45, 7) is 1.63. The van der Waals surface area contributed by atoms with Gasteiger partial charge in [-0.3, -0.25) is 0 Å². The Bertz CT molecular complexity index is 463. The van der Waals surface area contributed by atoms with Crippen molar-refractivity contribution >= 4 is 5.69 Å². The van der Waals surface area contributed by atoms with Gasteiger partial charge in [-0.25, -0.2) is 4.39 Å². The normalized spacial score (nSPS) is 31.6. The van der Waals surface area contributed by atoms with Gasteiger partial charge in [-0.2, -0.15) is 0 Å². The Balaban J connectivity index is 1.91. The highest BCUT2D eigenvalue weighted by Gasteiger charge is 2.41. The Labute approximate surface area is 112 Å². The SMILES string of the molecule is CC(O)c1ccc(N2C3CCC2CC(O)C3)c(F)c1. The highest BCUT2D eigenvalue weighted by atomic mass is 19.1. The molecule has 1 aromatic rings. The van der Waals surface area contributed by atoms with E-state index in [0.29, 0.717) is 11.3 Å². The molecule has 3 nitrogen and oxygen atoms in total. The van der Waals surface area contributed by atoms with Crippen LogP contribution in [0.15, 0.2) is 18.2 Å². The molecule has 2 bridgehead atoms. The van der Waals surface area contributed by atoms with Crippen molar-refractivity contribution in [3.05, 3.63) is 29.6 Å². The number of aliphatic hydroxyl groups excluding tert-OH is 2. The van der Waals surface area contributed by atoms with Crippen molar-refractivity contribution in [3.63, 3.8) is 0 Å². The molecule has 2 N–H and O–H groups in total. The van der Waals surface area contributed by atoms with Crippen LogP contribution >= 0.6 is 0 Å². The van der Waals surface area contributed by atoms with Crippen LogP contribution in [0.5, 0.6) is 0 Å². The topological polar surface area (TPSA) is 43.7 Å². The second kappa shape index (κ2) is 4.76. The highest BCUT2D eigenvalue weighted by Crippen LogP contribution is 2.40. The molecule has 2 saturated heterocycles. The Morgan fingerprint density at radius 1 is 1.26 bits per heavy atom. The Hall–Kier alpha value is -1.13. The summed E-state index contributed by atoms with van der Waals surface area (Å²) < 4.78 is 14.3. The van der Waals surface area contributed by atoms with E-state index >= 15 is 0 Å². The lowest BCUT2D eigenvalue weighted by molar-refractivity contribution is 0.126. The molecule has 3 atom stereocenters. The fraction of sp³-hybridized carbons (Fsp3) is 0.600. The molecule has 0 amide bonds. The molecule has 2 aliphatic rings. The summed E-state index contributed by atoms with van der Waals surface area (Å²) >= 11 is 0. The number of piperidine rings is 1. The lowest BCUT2D eigenvalue weighted by Gasteiger charge is -2.39. The standard InChI is InChI=1S/C15H20FNO2/c1-9(18)10-2-5-15(14(16)6-10)17-11-3-4-12(17)8-13(19)7-11/h2,5-6,9,11-13,18-19H,3-4,7-8H2,1H3. The number of hydrogen-bond acceptors (Lipinski definition) is 3. The fourth-order valence-corrected chi connectivity index (χ4v) is 3.53. The molecule has 4 heteroatoms. The number of rotatable bonds is 2. The number of hydrogen-bond donors (Lipinski definition) is 2. The summed E-state index contributed by atoms with van der Waals surface area (Å²) in [4.78, 5) is 2.13. The summed E-state index contributed by atoms with van der Waals surface area (Å²) in [6, 6.07) is 5.47. The Morgan fingerprint density at radius 3 is 2.42 bits per heavy atom. The molecule has 0 saturated carbocycles. The molecular weight excluding hydrogens is 245 g/mol. The van der Waals surface area contributed by atoms with Crippen LogP contribution < -0.4 is 4.90 Å². The van der Waals surface area contributed by atoms with E-state index in [1.165, 1.54) is 6.07 Å². The van der Waals surface area contributed by atoms with Crippen LogP contribution in [0.3, 0.4) is 0 Å². The van der Waals surface area contributed by atoms with E-state index in [9.17, 15) is 14.6 Å². The number of fused-ring (bicyclic) bond motifs is 2. The molecule has 3 rings (SSSR count).